The second kappa shape index (κ2) is 38.8. The highest BCUT2D eigenvalue weighted by molar-refractivity contribution is 7.85. The van der Waals surface area contributed by atoms with Crippen molar-refractivity contribution in [3.05, 3.63) is 154 Å². The lowest BCUT2D eigenvalue weighted by molar-refractivity contribution is -0.913. The van der Waals surface area contributed by atoms with Crippen LogP contribution in [0.3, 0.4) is 0 Å². The summed E-state index contributed by atoms with van der Waals surface area (Å²) in [5.41, 5.74) is 9.05. The maximum absolute atomic E-state index is 16.6. The Bertz CT molecular complexity index is 4860. The molecule has 1 aliphatic rings. The molecule has 0 bridgehead atoms. The highest BCUT2D eigenvalue weighted by Crippen LogP contribution is 2.50. The number of amides is 6. The predicted molar refractivity (Wildman–Crippen MR) is 420 cm³/mol. The monoisotopic (exact) mass is 1600 g/mol. The number of fused-ring (bicyclic) bond motifs is 1. The molecule has 596 valence electrons. The number of nitrogens with zero attached hydrogens (tertiary/aromatic N) is 7. The van der Waals surface area contributed by atoms with E-state index in [1.165, 1.54) is 41.7 Å². The van der Waals surface area contributed by atoms with Gasteiger partial charge in [-0.3, -0.25) is 19.0 Å². The number of carboxylic acid groups (broad SMARTS) is 1. The summed E-state index contributed by atoms with van der Waals surface area (Å²) in [6.07, 6.45) is 5.38. The molecule has 6 amide bonds. The minimum Gasteiger partial charge on any atom is -0.496 e. The van der Waals surface area contributed by atoms with Crippen LogP contribution in [0.15, 0.2) is 116 Å². The van der Waals surface area contributed by atoms with Gasteiger partial charge in [-0.25, -0.2) is 43.5 Å². The quantitative estimate of drug-likeness (QED) is 0.00830. The van der Waals surface area contributed by atoms with E-state index in [1.54, 1.807) is 128 Å². The number of benzene rings is 5. The van der Waals surface area contributed by atoms with Crippen molar-refractivity contribution in [2.24, 2.45) is 11.7 Å². The molecule has 1 fully saturated rings. The summed E-state index contributed by atoms with van der Waals surface area (Å²) in [6.45, 7) is 13.8. The predicted octanol–water partition coefficient (Wildman–Crippen LogP) is 10.9. The molecular weight excluding hydrogens is 1510 g/mol. The Hall–Kier alpha value is -11.0. The van der Waals surface area contributed by atoms with E-state index < -0.39 is 81.6 Å². The lowest BCUT2D eigenvalue weighted by Gasteiger charge is -2.42. The molecule has 8 aromatic rings. The summed E-state index contributed by atoms with van der Waals surface area (Å²) < 4.78 is 91.3. The van der Waals surface area contributed by atoms with Crippen LogP contribution in [0.25, 0.3) is 43.2 Å². The maximum atomic E-state index is 16.6. The first-order valence-corrected chi connectivity index (χ1v) is 38.9. The number of primary amides is 1. The highest BCUT2D eigenvalue weighted by atomic mass is 35.5. The summed E-state index contributed by atoms with van der Waals surface area (Å²) >= 11 is 8.51. The van der Waals surface area contributed by atoms with E-state index in [4.69, 9.17) is 66.9 Å². The number of carbonyl (C=O) groups excluding carboxylic acids is 5. The molecule has 29 nitrogen and oxygen atoms in total. The van der Waals surface area contributed by atoms with E-state index in [2.05, 4.69) is 49.1 Å². The molecule has 0 aliphatic carbocycles. The number of urea groups is 1. The van der Waals surface area contributed by atoms with E-state index in [0.29, 0.717) is 112 Å². The fourth-order valence-electron chi connectivity index (χ4n) is 12.4. The van der Waals surface area contributed by atoms with Gasteiger partial charge in [0.15, 0.2) is 24.0 Å². The topological polar surface area (TPSA) is 374 Å². The first-order valence-electron chi connectivity index (χ1n) is 36.1. The van der Waals surface area contributed by atoms with Crippen LogP contribution in [0, 0.1) is 31.0 Å². The fraction of sp³-hybridized carbons (Fsp3) is 0.392. The number of hydrogen-bond donors (Lipinski definition) is 7. The number of quaternary nitrogens is 1. The molecule has 9 rings (SSSR count). The zero-order chi connectivity index (χ0) is 81.0. The molecule has 112 heavy (non-hydrogen) atoms. The summed E-state index contributed by atoms with van der Waals surface area (Å²) in [4.78, 5) is 102. The molecule has 0 saturated carbocycles. The molecule has 3 aromatic heterocycles. The molecular formula is C79H93ClFN12O17S2+. The number of hydrogen-bond acceptors (Lipinski definition) is 21. The summed E-state index contributed by atoms with van der Waals surface area (Å²) in [7, 11) is 1.02. The van der Waals surface area contributed by atoms with E-state index in [0.717, 1.165) is 26.2 Å². The number of piperazine rings is 1. The van der Waals surface area contributed by atoms with Gasteiger partial charge < -0.3 is 74.6 Å². The van der Waals surface area contributed by atoms with Crippen molar-refractivity contribution in [1.29, 1.82) is 0 Å². The van der Waals surface area contributed by atoms with E-state index in [-0.39, 0.29) is 86.9 Å². The second-order valence-corrected chi connectivity index (χ2v) is 31.3. The van der Waals surface area contributed by atoms with Crippen molar-refractivity contribution < 1.29 is 88.9 Å². The number of alkyl carbamates (subject to hydrolysis) is 1. The number of methoxy groups -OCH3 is 1. The van der Waals surface area contributed by atoms with Crippen molar-refractivity contribution in [2.45, 2.75) is 111 Å². The molecule has 33 heteroatoms. The van der Waals surface area contributed by atoms with Gasteiger partial charge in [0.05, 0.1) is 61.2 Å². The van der Waals surface area contributed by atoms with Crippen molar-refractivity contribution in [2.75, 3.05) is 91.3 Å². The lowest BCUT2D eigenvalue weighted by atomic mass is 9.95. The minimum atomic E-state index is -4.07. The number of aliphatic carboxylic acids is 1. The SMILES string of the molecule is C#CCOC(=O)N(C)Cc1cc(NC(=O)[C@H](CCCNC(N)=O)NC(=O)[C@@H](NC(=O)OC(C)(C)C)C(C)C)ccc1COc1cc(-c2sc3ncnc(O[C@H](Cc4ccccc4OCc4ccnc(-c5ccccc5OC)n4)C(=O)O)c3c2-c2ccc(OCCN3CC[N+](C)(CCCS(=O)(=O)O)CC3)c(Cl)c2C)ccc1F. The Morgan fingerprint density at radius 1 is 0.857 bits per heavy atom. The third-order valence-corrected chi connectivity index (χ3v) is 20.8. The van der Waals surface area contributed by atoms with E-state index in [9.17, 15) is 46.8 Å². The van der Waals surface area contributed by atoms with E-state index in [1.807, 2.05) is 18.2 Å². The number of nitrogens with two attached hydrogens (primary N) is 1. The van der Waals surface area contributed by atoms with E-state index >= 15 is 4.39 Å². The molecule has 3 atom stereocenters. The van der Waals surface area contributed by atoms with Crippen LogP contribution in [0.5, 0.6) is 28.9 Å². The first kappa shape index (κ1) is 85.1. The normalized spacial score (nSPS) is 13.7. The number of likely N-dealkylation sites (N-methyl/N-ethyl adjacent to an activating group) is 1. The number of thiophene rings is 1. The first-order chi connectivity index (χ1) is 53.3. The number of nitrogens with one attached hydrogen (secondary N) is 4. The number of aromatic nitrogens is 4. The molecule has 0 unspecified atom stereocenters. The zero-order valence-electron chi connectivity index (χ0n) is 63.7. The van der Waals surface area contributed by atoms with Crippen LogP contribution in [-0.2, 0) is 60.2 Å². The molecule has 0 radical (unpaired) electrons. The van der Waals surface area contributed by atoms with Crippen LogP contribution in [0.2, 0.25) is 5.02 Å². The standard InChI is InChI=1S/C79H92ClFN12O17S2/c1-11-38-106-78(100)91(8)44-53-41-54(88-71(94)59(20-16-30-84-76(82)98)89-72(95)68(48(2)3)90-77(99)110-79(5,6)7)25-23-52(53)45-107-63-43-51(24-27-58(63)81)69-65(56-26-28-62(67(80)49(56)4)105-39-34-92-32-36-93(9,37-33-92)35-17-40-112(101,102)103)66-73(85-47-86-74(66)111-69)109-64(75(96)97)42-50-18-12-14-21-60(50)108-46-55-29-31-83-70(87-55)57-19-13-15-22-61(57)104-10/h1,12-15,18-19,21-29,31,41,43,47-48,59,64,68H,16-17,20,30,32-40,42,44-46H2,2-10H3,(H7-,82,84,88,89,90,94,95,96,97,98,99,101,102,103)/p+1/t59-,64+,68-/m0/s1. The largest absolute Gasteiger partial charge is 0.496 e. The Kier molecular flexibility index (Phi) is 29.5. The summed E-state index contributed by atoms with van der Waals surface area (Å²) in [5, 5.41) is 22.2. The fourth-order valence-corrected chi connectivity index (χ4v) is 14.3. The number of anilines is 1. The van der Waals surface area contributed by atoms with Gasteiger partial charge in [0.25, 0.3) is 10.1 Å². The van der Waals surface area contributed by atoms with Crippen LogP contribution >= 0.6 is 22.9 Å². The zero-order valence-corrected chi connectivity index (χ0v) is 66.1. The molecule has 1 saturated heterocycles. The van der Waals surface area contributed by atoms with Crippen molar-refractivity contribution in [1.82, 2.24) is 45.7 Å². The third-order valence-electron chi connectivity index (χ3n) is 18.4. The van der Waals surface area contributed by atoms with Crippen LogP contribution in [0.4, 0.5) is 24.5 Å². The number of halogens is 2. The van der Waals surface area contributed by atoms with Gasteiger partial charge in [0, 0.05) is 74.9 Å². The number of terminal acetylenes is 1. The number of carboxylic acids is 1. The smallest absolute Gasteiger partial charge is 0.410 e. The van der Waals surface area contributed by atoms with Gasteiger partial charge in [-0.1, -0.05) is 79.9 Å². The van der Waals surface area contributed by atoms with Gasteiger partial charge in [-0.2, -0.15) is 8.42 Å². The Labute approximate surface area is 658 Å². The van der Waals surface area contributed by atoms with Gasteiger partial charge >= 0.3 is 24.2 Å². The number of ether oxygens (including phenoxy) is 7. The number of rotatable bonds is 36. The number of para-hydroxylation sites is 2. The second-order valence-electron chi connectivity index (χ2n) is 28.3. The third kappa shape index (κ3) is 23.8. The van der Waals surface area contributed by atoms with Gasteiger partial charge in [-0.15, -0.1) is 17.8 Å². The number of carbonyl (C=O) groups is 6. The minimum absolute atomic E-state index is 0.00173. The molecule has 0 spiro atoms. The van der Waals surface area contributed by atoms with Gasteiger partial charge in [0.1, 0.15) is 65.9 Å². The molecule has 1 aliphatic heterocycles. The van der Waals surface area contributed by atoms with Gasteiger partial charge in [-0.05, 0) is 134 Å². The highest BCUT2D eigenvalue weighted by Gasteiger charge is 2.34. The van der Waals surface area contributed by atoms with Crippen LogP contribution in [-0.4, -0.2) is 198 Å². The Morgan fingerprint density at radius 3 is 2.29 bits per heavy atom. The van der Waals surface area contributed by atoms with Crippen LogP contribution in [0.1, 0.15) is 81.8 Å². The average Bonchev–Trinajstić information content (AvgIpc) is 1.58. The molecule has 5 aromatic carbocycles. The van der Waals surface area contributed by atoms with Crippen molar-refractivity contribution >= 4 is 85.0 Å². The Balaban J connectivity index is 1.03. The average molecular weight is 1600 g/mol. The summed E-state index contributed by atoms with van der Waals surface area (Å²) in [5.74, 6) is -0.567. The molecule has 8 N–H and O–H groups in total. The van der Waals surface area contributed by atoms with Crippen molar-refractivity contribution in [3.8, 4) is 74.2 Å². The maximum Gasteiger partial charge on any atom is 0.410 e. The van der Waals surface area contributed by atoms with Crippen molar-refractivity contribution in [3.63, 3.8) is 0 Å². The lowest BCUT2D eigenvalue weighted by Crippen LogP contribution is -2.58. The Morgan fingerprint density at radius 2 is 1.59 bits per heavy atom. The molecule has 4 heterocycles. The van der Waals surface area contributed by atoms with Gasteiger partial charge in [0.2, 0.25) is 23.8 Å². The van der Waals surface area contributed by atoms with Crippen LogP contribution < -0.4 is 50.7 Å². The summed E-state index contributed by atoms with van der Waals surface area (Å²) in [6, 6.07) is 25.3.